The molecular weight excluding hydrogens is 360 g/mol. The lowest BCUT2D eigenvalue weighted by molar-refractivity contribution is 0.102. The average Bonchev–Trinajstić information content (AvgIpc) is 2.57. The first-order valence-corrected chi connectivity index (χ1v) is 9.87. The summed E-state index contributed by atoms with van der Waals surface area (Å²) in [6.45, 7) is 4.24. The number of benzene rings is 2. The van der Waals surface area contributed by atoms with E-state index in [4.69, 9.17) is 11.6 Å². The predicted octanol–water partition coefficient (Wildman–Crippen LogP) is 3.98. The van der Waals surface area contributed by atoms with Gasteiger partial charge in [-0.1, -0.05) is 24.9 Å². The van der Waals surface area contributed by atoms with Gasteiger partial charge in [0.05, 0.1) is 4.90 Å². The molecule has 0 atom stereocenters. The molecule has 0 fully saturated rings. The zero-order valence-electron chi connectivity index (χ0n) is 14.2. The molecular formula is C18H21ClN2O3S. The second-order valence-corrected chi connectivity index (χ2v) is 7.89. The first-order valence-electron chi connectivity index (χ1n) is 8.00. The van der Waals surface area contributed by atoms with Gasteiger partial charge in [0.1, 0.15) is 0 Å². The summed E-state index contributed by atoms with van der Waals surface area (Å²) in [5, 5.41) is 3.39. The van der Waals surface area contributed by atoms with Crippen LogP contribution in [0.4, 0.5) is 5.69 Å². The Hall–Kier alpha value is -1.89. The largest absolute Gasteiger partial charge is 0.322 e. The summed E-state index contributed by atoms with van der Waals surface area (Å²) < 4.78 is 26.8. The quantitative estimate of drug-likeness (QED) is 0.713. The fraction of sp³-hybridized carbons (Fsp3) is 0.278. The van der Waals surface area contributed by atoms with Crippen molar-refractivity contribution in [3.05, 3.63) is 58.6 Å². The number of carbonyl (C=O) groups excluding carboxylic acids is 1. The van der Waals surface area contributed by atoms with E-state index in [0.29, 0.717) is 22.8 Å². The van der Waals surface area contributed by atoms with Gasteiger partial charge in [0, 0.05) is 22.8 Å². The molecule has 0 aliphatic heterocycles. The van der Waals surface area contributed by atoms with Crippen LogP contribution in [-0.4, -0.2) is 20.9 Å². The summed E-state index contributed by atoms with van der Waals surface area (Å²) in [5.74, 6) is -0.312. The fourth-order valence-corrected chi connectivity index (χ4v) is 3.51. The number of hydrogen-bond donors (Lipinski definition) is 2. The van der Waals surface area contributed by atoms with Gasteiger partial charge in [-0.25, -0.2) is 13.1 Å². The number of unbranched alkanes of at least 4 members (excludes halogenated alkanes) is 1. The van der Waals surface area contributed by atoms with E-state index in [1.807, 2.05) is 13.8 Å². The smallest absolute Gasteiger partial charge is 0.255 e. The summed E-state index contributed by atoms with van der Waals surface area (Å²) in [7, 11) is -3.54. The van der Waals surface area contributed by atoms with Crippen molar-refractivity contribution < 1.29 is 13.2 Å². The predicted molar refractivity (Wildman–Crippen MR) is 101 cm³/mol. The van der Waals surface area contributed by atoms with Gasteiger partial charge in [-0.15, -0.1) is 0 Å². The zero-order valence-corrected chi connectivity index (χ0v) is 15.7. The van der Waals surface area contributed by atoms with Crippen LogP contribution < -0.4 is 10.0 Å². The Morgan fingerprint density at radius 1 is 1.12 bits per heavy atom. The Morgan fingerprint density at radius 3 is 2.40 bits per heavy atom. The molecule has 0 unspecified atom stereocenters. The topological polar surface area (TPSA) is 75.3 Å². The molecule has 0 heterocycles. The maximum Gasteiger partial charge on any atom is 0.255 e. The van der Waals surface area contributed by atoms with Crippen LogP contribution in [0.15, 0.2) is 47.4 Å². The monoisotopic (exact) mass is 380 g/mol. The van der Waals surface area contributed by atoms with E-state index in [1.165, 1.54) is 24.3 Å². The van der Waals surface area contributed by atoms with Crippen molar-refractivity contribution in [3.63, 3.8) is 0 Å². The van der Waals surface area contributed by atoms with E-state index in [-0.39, 0.29) is 10.8 Å². The molecule has 0 aliphatic carbocycles. The van der Waals surface area contributed by atoms with Gasteiger partial charge in [0.2, 0.25) is 10.0 Å². The molecule has 2 N–H and O–H groups in total. The minimum absolute atomic E-state index is 0.142. The van der Waals surface area contributed by atoms with Gasteiger partial charge >= 0.3 is 0 Å². The first kappa shape index (κ1) is 19.4. The molecule has 0 saturated heterocycles. The van der Waals surface area contributed by atoms with Crippen LogP contribution in [0.25, 0.3) is 0 Å². The maximum atomic E-state index is 12.3. The Kier molecular flexibility index (Phi) is 6.58. The lowest BCUT2D eigenvalue weighted by atomic mass is 10.1. The molecule has 0 bridgehead atoms. The van der Waals surface area contributed by atoms with Crippen LogP contribution in [0.1, 0.15) is 35.7 Å². The van der Waals surface area contributed by atoms with Crippen molar-refractivity contribution in [2.24, 2.45) is 0 Å². The van der Waals surface area contributed by atoms with E-state index in [2.05, 4.69) is 10.0 Å². The lowest BCUT2D eigenvalue weighted by Gasteiger charge is -2.10. The van der Waals surface area contributed by atoms with Crippen LogP contribution in [0.2, 0.25) is 5.02 Å². The highest BCUT2D eigenvalue weighted by Gasteiger charge is 2.14. The molecule has 0 spiro atoms. The number of anilines is 1. The molecule has 2 aromatic carbocycles. The second kappa shape index (κ2) is 8.47. The summed E-state index contributed by atoms with van der Waals surface area (Å²) in [6.07, 6.45) is 1.69. The van der Waals surface area contributed by atoms with Gasteiger partial charge in [-0.3, -0.25) is 4.79 Å². The molecule has 25 heavy (non-hydrogen) atoms. The molecule has 0 aromatic heterocycles. The SMILES string of the molecule is CCCCNS(=O)(=O)c1ccc(C(=O)Nc2ccc(Cl)cc2C)cc1. The fourth-order valence-electron chi connectivity index (χ4n) is 2.21. The number of sulfonamides is 1. The van der Waals surface area contributed by atoms with Crippen molar-refractivity contribution in [1.29, 1.82) is 0 Å². The number of amides is 1. The number of aryl methyl sites for hydroxylation is 1. The summed E-state index contributed by atoms with van der Waals surface area (Å²) in [6, 6.07) is 11.0. The number of rotatable bonds is 7. The van der Waals surface area contributed by atoms with E-state index in [9.17, 15) is 13.2 Å². The summed E-state index contributed by atoms with van der Waals surface area (Å²) in [5.41, 5.74) is 1.88. The van der Waals surface area contributed by atoms with Crippen LogP contribution in [-0.2, 0) is 10.0 Å². The van der Waals surface area contributed by atoms with Gasteiger partial charge in [-0.2, -0.15) is 0 Å². The van der Waals surface area contributed by atoms with Crippen molar-refractivity contribution in [3.8, 4) is 0 Å². The normalized spacial score (nSPS) is 11.3. The molecule has 7 heteroatoms. The highest BCUT2D eigenvalue weighted by atomic mass is 35.5. The number of halogens is 1. The van der Waals surface area contributed by atoms with Crippen LogP contribution in [0.3, 0.4) is 0 Å². The molecule has 0 aliphatic rings. The Bertz CT molecular complexity index is 849. The second-order valence-electron chi connectivity index (χ2n) is 5.69. The number of hydrogen-bond acceptors (Lipinski definition) is 3. The summed E-state index contributed by atoms with van der Waals surface area (Å²) in [4.78, 5) is 12.5. The zero-order chi connectivity index (χ0) is 18.4. The average molecular weight is 381 g/mol. The van der Waals surface area contributed by atoms with Crippen LogP contribution >= 0.6 is 11.6 Å². The molecule has 5 nitrogen and oxygen atoms in total. The minimum Gasteiger partial charge on any atom is -0.322 e. The number of carbonyl (C=O) groups is 1. The Balaban J connectivity index is 2.09. The Labute approximate surface area is 153 Å². The summed E-state index contributed by atoms with van der Waals surface area (Å²) >= 11 is 5.90. The van der Waals surface area contributed by atoms with E-state index >= 15 is 0 Å². The van der Waals surface area contributed by atoms with Gasteiger partial charge in [-0.05, 0) is 61.4 Å². The van der Waals surface area contributed by atoms with Crippen molar-refractivity contribution in [2.45, 2.75) is 31.6 Å². The van der Waals surface area contributed by atoms with Crippen molar-refractivity contribution in [2.75, 3.05) is 11.9 Å². The van der Waals surface area contributed by atoms with Gasteiger partial charge in [0.15, 0.2) is 0 Å². The molecule has 2 rings (SSSR count). The highest BCUT2D eigenvalue weighted by Crippen LogP contribution is 2.20. The highest BCUT2D eigenvalue weighted by molar-refractivity contribution is 7.89. The van der Waals surface area contributed by atoms with Crippen LogP contribution in [0.5, 0.6) is 0 Å². The molecule has 2 aromatic rings. The van der Waals surface area contributed by atoms with Crippen molar-refractivity contribution in [1.82, 2.24) is 4.72 Å². The standard InChI is InChI=1S/C18H21ClN2O3S/c1-3-4-11-20-25(23,24)16-8-5-14(6-9-16)18(22)21-17-10-7-15(19)12-13(17)2/h5-10,12,20H,3-4,11H2,1-2H3,(H,21,22). The van der Waals surface area contributed by atoms with E-state index in [0.717, 1.165) is 18.4 Å². The van der Waals surface area contributed by atoms with Gasteiger partial charge in [0.25, 0.3) is 5.91 Å². The molecule has 134 valence electrons. The van der Waals surface area contributed by atoms with E-state index < -0.39 is 10.0 Å². The third kappa shape index (κ3) is 5.29. The lowest BCUT2D eigenvalue weighted by Crippen LogP contribution is -2.24. The number of nitrogens with one attached hydrogen (secondary N) is 2. The minimum atomic E-state index is -3.54. The van der Waals surface area contributed by atoms with E-state index in [1.54, 1.807) is 18.2 Å². The van der Waals surface area contributed by atoms with Crippen molar-refractivity contribution >= 4 is 33.2 Å². The molecule has 0 saturated carbocycles. The third-order valence-electron chi connectivity index (χ3n) is 3.69. The molecule has 1 amide bonds. The van der Waals surface area contributed by atoms with Gasteiger partial charge < -0.3 is 5.32 Å². The Morgan fingerprint density at radius 2 is 1.80 bits per heavy atom. The third-order valence-corrected chi connectivity index (χ3v) is 5.40. The first-order chi connectivity index (χ1) is 11.8. The molecule has 0 radical (unpaired) electrons. The maximum absolute atomic E-state index is 12.3. The van der Waals surface area contributed by atoms with Crippen LogP contribution in [0, 0.1) is 6.92 Å².